The van der Waals surface area contributed by atoms with Gasteiger partial charge in [-0.2, -0.15) is 0 Å². The largest absolute Gasteiger partial charge is 0.493 e. The molecule has 2 fully saturated rings. The fourth-order valence-electron chi connectivity index (χ4n) is 4.49. The van der Waals surface area contributed by atoms with E-state index in [1.165, 1.54) is 30.4 Å². The van der Waals surface area contributed by atoms with Gasteiger partial charge in [-0.1, -0.05) is 12.8 Å². The Labute approximate surface area is 138 Å². The van der Waals surface area contributed by atoms with E-state index in [0.29, 0.717) is 18.0 Å². The summed E-state index contributed by atoms with van der Waals surface area (Å²) in [5, 5.41) is 0. The Morgan fingerprint density at radius 1 is 1.17 bits per heavy atom. The summed E-state index contributed by atoms with van der Waals surface area (Å²) < 4.78 is 11.0. The molecule has 0 radical (unpaired) electrons. The molecule has 1 saturated heterocycles. The maximum atomic E-state index is 6.56. The van der Waals surface area contributed by atoms with Gasteiger partial charge >= 0.3 is 0 Å². The maximum absolute atomic E-state index is 6.56. The highest BCUT2D eigenvalue weighted by atomic mass is 16.5. The Kier molecular flexibility index (Phi) is 3.98. The number of fused-ring (bicyclic) bond motifs is 3. The number of ether oxygens (including phenoxy) is 2. The molecule has 4 nitrogen and oxygen atoms in total. The van der Waals surface area contributed by atoms with Gasteiger partial charge < -0.3 is 15.2 Å². The monoisotopic (exact) mass is 316 g/mol. The van der Waals surface area contributed by atoms with E-state index in [-0.39, 0.29) is 0 Å². The zero-order chi connectivity index (χ0) is 16.0. The number of rotatable bonds is 4. The van der Waals surface area contributed by atoms with Crippen molar-refractivity contribution in [1.29, 1.82) is 0 Å². The lowest BCUT2D eigenvalue weighted by atomic mass is 9.79. The molecular formula is C19H28N2O2. The van der Waals surface area contributed by atoms with Crippen LogP contribution in [-0.4, -0.2) is 38.3 Å². The standard InChI is InChI=1S/C19H28N2O2/c1-22-18-8-13-5-6-21-11-14(7-12-3-4-12)16(20)10-17(21)15(13)9-19(18)23-2/h8-9,12,14,16-17H,3-7,10-11,20H2,1-2H3. The number of piperidine rings is 1. The van der Waals surface area contributed by atoms with Crippen molar-refractivity contribution >= 4 is 0 Å². The summed E-state index contributed by atoms with van der Waals surface area (Å²) in [5.74, 6) is 3.32. The Morgan fingerprint density at radius 2 is 1.91 bits per heavy atom. The summed E-state index contributed by atoms with van der Waals surface area (Å²) in [6.45, 7) is 2.30. The van der Waals surface area contributed by atoms with Crippen LogP contribution in [-0.2, 0) is 6.42 Å². The molecule has 0 aromatic heterocycles. The smallest absolute Gasteiger partial charge is 0.161 e. The fourth-order valence-corrected chi connectivity index (χ4v) is 4.49. The van der Waals surface area contributed by atoms with Crippen LogP contribution in [0.4, 0.5) is 0 Å². The summed E-state index contributed by atoms with van der Waals surface area (Å²) in [6, 6.07) is 5.12. The molecule has 3 aliphatic rings. The SMILES string of the molecule is COc1cc2c(cc1OC)C1CC(N)C(CC3CC3)CN1CC2. The van der Waals surface area contributed by atoms with Gasteiger partial charge in [0.25, 0.3) is 0 Å². The van der Waals surface area contributed by atoms with Crippen molar-refractivity contribution in [3.05, 3.63) is 23.3 Å². The van der Waals surface area contributed by atoms with Crippen molar-refractivity contribution < 1.29 is 9.47 Å². The number of hydrogen-bond acceptors (Lipinski definition) is 4. The van der Waals surface area contributed by atoms with Crippen LogP contribution in [0.15, 0.2) is 12.1 Å². The topological polar surface area (TPSA) is 47.7 Å². The third kappa shape index (κ3) is 2.83. The first-order valence-corrected chi connectivity index (χ1v) is 8.94. The van der Waals surface area contributed by atoms with Crippen molar-refractivity contribution in [2.75, 3.05) is 27.3 Å². The van der Waals surface area contributed by atoms with Crippen LogP contribution in [0.1, 0.15) is 42.9 Å². The highest BCUT2D eigenvalue weighted by Gasteiger charge is 2.39. The molecule has 1 aliphatic carbocycles. The average Bonchev–Trinajstić information content (AvgIpc) is 3.38. The highest BCUT2D eigenvalue weighted by Crippen LogP contribution is 2.45. The second-order valence-electron chi connectivity index (χ2n) is 7.51. The average molecular weight is 316 g/mol. The van der Waals surface area contributed by atoms with E-state index in [4.69, 9.17) is 15.2 Å². The molecule has 3 atom stereocenters. The normalized spacial score (nSPS) is 30.5. The van der Waals surface area contributed by atoms with Crippen LogP contribution in [0.2, 0.25) is 0 Å². The minimum Gasteiger partial charge on any atom is -0.493 e. The molecule has 0 bridgehead atoms. The lowest BCUT2D eigenvalue weighted by Crippen LogP contribution is -2.51. The van der Waals surface area contributed by atoms with Crippen LogP contribution in [0.25, 0.3) is 0 Å². The summed E-state index contributed by atoms with van der Waals surface area (Å²) in [7, 11) is 3.42. The van der Waals surface area contributed by atoms with E-state index >= 15 is 0 Å². The molecule has 4 heteroatoms. The van der Waals surface area contributed by atoms with Crippen molar-refractivity contribution in [3.63, 3.8) is 0 Å². The Morgan fingerprint density at radius 3 is 2.61 bits per heavy atom. The molecule has 1 aromatic carbocycles. The fraction of sp³-hybridized carbons (Fsp3) is 0.684. The van der Waals surface area contributed by atoms with E-state index in [2.05, 4.69) is 17.0 Å². The number of nitrogens with two attached hydrogens (primary N) is 1. The number of hydrogen-bond donors (Lipinski definition) is 1. The Hall–Kier alpha value is -1.26. The van der Waals surface area contributed by atoms with Gasteiger partial charge in [0, 0.05) is 25.2 Å². The first kappa shape index (κ1) is 15.3. The van der Waals surface area contributed by atoms with Crippen LogP contribution in [0.3, 0.4) is 0 Å². The second-order valence-corrected chi connectivity index (χ2v) is 7.51. The lowest BCUT2D eigenvalue weighted by molar-refractivity contribution is 0.0769. The van der Waals surface area contributed by atoms with Crippen molar-refractivity contribution in [1.82, 2.24) is 4.90 Å². The van der Waals surface area contributed by atoms with Gasteiger partial charge in [-0.25, -0.2) is 0 Å². The molecule has 0 amide bonds. The van der Waals surface area contributed by atoms with Gasteiger partial charge in [0.05, 0.1) is 14.2 Å². The number of methoxy groups -OCH3 is 2. The summed E-state index contributed by atoms with van der Waals surface area (Å²) >= 11 is 0. The van der Waals surface area contributed by atoms with Gasteiger partial charge in [-0.15, -0.1) is 0 Å². The molecule has 23 heavy (non-hydrogen) atoms. The molecule has 3 unspecified atom stereocenters. The van der Waals surface area contributed by atoms with Crippen LogP contribution in [0.5, 0.6) is 11.5 Å². The third-order valence-corrected chi connectivity index (χ3v) is 6.02. The Bertz CT molecular complexity index is 585. The van der Waals surface area contributed by atoms with E-state index in [0.717, 1.165) is 43.3 Å². The lowest BCUT2D eigenvalue weighted by Gasteiger charge is -2.46. The predicted molar refractivity (Wildman–Crippen MR) is 91.0 cm³/mol. The molecular weight excluding hydrogens is 288 g/mol. The predicted octanol–water partition coefficient (Wildman–Crippen LogP) is 2.75. The minimum atomic E-state index is 0.330. The molecule has 1 aromatic rings. The molecule has 2 heterocycles. The van der Waals surface area contributed by atoms with E-state index in [1.807, 2.05) is 0 Å². The molecule has 2 aliphatic heterocycles. The third-order valence-electron chi connectivity index (χ3n) is 6.02. The maximum Gasteiger partial charge on any atom is 0.161 e. The zero-order valence-electron chi connectivity index (χ0n) is 14.3. The first-order valence-electron chi connectivity index (χ1n) is 8.94. The van der Waals surface area contributed by atoms with Gasteiger partial charge in [0.2, 0.25) is 0 Å². The summed E-state index contributed by atoms with van der Waals surface area (Å²) in [6.07, 6.45) is 6.35. The zero-order valence-corrected chi connectivity index (χ0v) is 14.3. The Balaban J connectivity index is 1.59. The molecule has 2 N–H and O–H groups in total. The van der Waals surface area contributed by atoms with Crippen molar-refractivity contribution in [2.45, 2.75) is 44.2 Å². The van der Waals surface area contributed by atoms with Gasteiger partial charge in [0.1, 0.15) is 0 Å². The van der Waals surface area contributed by atoms with Crippen molar-refractivity contribution in [2.24, 2.45) is 17.6 Å². The van der Waals surface area contributed by atoms with Gasteiger partial charge in [-0.05, 0) is 54.4 Å². The molecule has 1 saturated carbocycles. The summed E-state index contributed by atoms with van der Waals surface area (Å²) in [4.78, 5) is 2.66. The van der Waals surface area contributed by atoms with E-state index in [1.54, 1.807) is 14.2 Å². The molecule has 126 valence electrons. The minimum absolute atomic E-state index is 0.330. The summed E-state index contributed by atoms with van der Waals surface area (Å²) in [5.41, 5.74) is 9.36. The van der Waals surface area contributed by atoms with Gasteiger partial charge in [-0.3, -0.25) is 4.90 Å². The highest BCUT2D eigenvalue weighted by molar-refractivity contribution is 5.49. The van der Waals surface area contributed by atoms with Crippen LogP contribution in [0, 0.1) is 11.8 Å². The van der Waals surface area contributed by atoms with Gasteiger partial charge in [0.15, 0.2) is 11.5 Å². The van der Waals surface area contributed by atoms with Crippen LogP contribution < -0.4 is 15.2 Å². The molecule has 4 rings (SSSR count). The van der Waals surface area contributed by atoms with E-state index < -0.39 is 0 Å². The van der Waals surface area contributed by atoms with E-state index in [9.17, 15) is 0 Å². The number of nitrogens with zero attached hydrogens (tertiary/aromatic N) is 1. The molecule has 0 spiro atoms. The number of benzene rings is 1. The first-order chi connectivity index (χ1) is 11.2. The quantitative estimate of drug-likeness (QED) is 0.928. The van der Waals surface area contributed by atoms with Crippen LogP contribution >= 0.6 is 0 Å². The second kappa shape index (κ2) is 5.99. The van der Waals surface area contributed by atoms with Crippen molar-refractivity contribution in [3.8, 4) is 11.5 Å².